The van der Waals surface area contributed by atoms with Gasteiger partial charge in [-0.15, -0.1) is 0 Å². The lowest BCUT2D eigenvalue weighted by Crippen LogP contribution is -2.15. The Hall–Kier alpha value is -1.23. The second-order valence-electron chi connectivity index (χ2n) is 3.31. The van der Waals surface area contributed by atoms with E-state index in [4.69, 9.17) is 0 Å². The summed E-state index contributed by atoms with van der Waals surface area (Å²) in [6, 6.07) is 3.51. The van der Waals surface area contributed by atoms with Crippen LogP contribution in [0.4, 0.5) is 13.2 Å². The number of benzene rings is 1. The number of hydrogen-bond donors (Lipinski definition) is 1. The van der Waals surface area contributed by atoms with Crippen molar-refractivity contribution >= 4 is 0 Å². The molecule has 90 valence electrons. The molecule has 2 nitrogen and oxygen atoms in total. The molecule has 0 bridgehead atoms. The quantitative estimate of drug-likeness (QED) is 0.763. The highest BCUT2D eigenvalue weighted by molar-refractivity contribution is 5.33. The molecule has 0 atom stereocenters. The lowest BCUT2D eigenvalue weighted by Gasteiger charge is -2.11. The van der Waals surface area contributed by atoms with Gasteiger partial charge in [-0.1, -0.05) is 6.92 Å². The molecule has 0 saturated heterocycles. The minimum atomic E-state index is -2.89. The van der Waals surface area contributed by atoms with Crippen LogP contribution in [0.3, 0.4) is 0 Å². The molecule has 0 fully saturated rings. The fraction of sp³-hybridized carbons (Fsp3) is 0.455. The molecule has 1 aromatic rings. The van der Waals surface area contributed by atoms with E-state index in [1.807, 2.05) is 6.92 Å². The molecule has 0 amide bonds. The number of nitrogens with one attached hydrogen (secondary N) is 1. The smallest absolute Gasteiger partial charge is 0.387 e. The summed E-state index contributed by atoms with van der Waals surface area (Å²) in [4.78, 5) is 0. The molecule has 0 heterocycles. The minimum absolute atomic E-state index is 0.0139. The fourth-order valence-corrected chi connectivity index (χ4v) is 1.30. The highest BCUT2D eigenvalue weighted by Crippen LogP contribution is 2.21. The topological polar surface area (TPSA) is 21.3 Å². The van der Waals surface area contributed by atoms with Crippen molar-refractivity contribution in [2.24, 2.45) is 0 Å². The minimum Gasteiger partial charge on any atom is -0.434 e. The van der Waals surface area contributed by atoms with Crippen LogP contribution < -0.4 is 10.1 Å². The Bertz CT molecular complexity index is 331. The standard InChI is InChI=1S/C11H14F3NO/c1-2-5-15-7-8-6-9(12)3-4-10(8)16-11(13)14/h3-4,6,11,15H,2,5,7H2,1H3. The first-order valence-corrected chi connectivity index (χ1v) is 5.07. The summed E-state index contributed by atoms with van der Waals surface area (Å²) in [5, 5.41) is 3.00. The molecular formula is C11H14F3NO. The summed E-state index contributed by atoms with van der Waals surface area (Å²) in [6.45, 7) is 0.142. The summed E-state index contributed by atoms with van der Waals surface area (Å²) >= 11 is 0. The predicted molar refractivity (Wildman–Crippen MR) is 55.0 cm³/mol. The van der Waals surface area contributed by atoms with Gasteiger partial charge in [-0.25, -0.2) is 4.39 Å². The molecule has 0 unspecified atom stereocenters. The van der Waals surface area contributed by atoms with Crippen molar-refractivity contribution in [3.63, 3.8) is 0 Å². The highest BCUT2D eigenvalue weighted by atomic mass is 19.3. The monoisotopic (exact) mass is 233 g/mol. The maximum absolute atomic E-state index is 12.9. The second kappa shape index (κ2) is 6.37. The van der Waals surface area contributed by atoms with E-state index in [9.17, 15) is 13.2 Å². The van der Waals surface area contributed by atoms with Crippen molar-refractivity contribution in [1.29, 1.82) is 0 Å². The van der Waals surface area contributed by atoms with Crippen molar-refractivity contribution in [3.8, 4) is 5.75 Å². The molecule has 1 aromatic carbocycles. The zero-order valence-corrected chi connectivity index (χ0v) is 8.97. The Morgan fingerprint density at radius 2 is 2.12 bits per heavy atom. The molecule has 1 rings (SSSR count). The van der Waals surface area contributed by atoms with Crippen molar-refractivity contribution in [2.45, 2.75) is 26.5 Å². The van der Waals surface area contributed by atoms with E-state index in [2.05, 4.69) is 10.1 Å². The number of alkyl halides is 2. The van der Waals surface area contributed by atoms with E-state index >= 15 is 0 Å². The Labute approximate surface area is 92.4 Å². The van der Waals surface area contributed by atoms with E-state index < -0.39 is 12.4 Å². The molecule has 0 aromatic heterocycles. The van der Waals surface area contributed by atoms with E-state index in [-0.39, 0.29) is 5.75 Å². The average molecular weight is 233 g/mol. The highest BCUT2D eigenvalue weighted by Gasteiger charge is 2.10. The van der Waals surface area contributed by atoms with Gasteiger partial charge in [0.2, 0.25) is 0 Å². The average Bonchev–Trinajstić information content (AvgIpc) is 2.22. The van der Waals surface area contributed by atoms with Crippen molar-refractivity contribution in [1.82, 2.24) is 5.32 Å². The van der Waals surface area contributed by atoms with Gasteiger partial charge in [0.15, 0.2) is 0 Å². The molecule has 0 radical (unpaired) electrons. The summed E-state index contributed by atoms with van der Waals surface area (Å²) in [5.74, 6) is -0.449. The predicted octanol–water partition coefficient (Wildman–Crippen LogP) is 2.93. The maximum Gasteiger partial charge on any atom is 0.387 e. The molecule has 0 aliphatic rings. The number of halogens is 3. The van der Waals surface area contributed by atoms with Crippen LogP contribution in [-0.2, 0) is 6.54 Å². The Kier molecular flexibility index (Phi) is 5.11. The van der Waals surface area contributed by atoms with Gasteiger partial charge in [0.1, 0.15) is 11.6 Å². The molecule has 1 N–H and O–H groups in total. The third-order valence-electron chi connectivity index (χ3n) is 1.98. The number of ether oxygens (including phenoxy) is 1. The van der Waals surface area contributed by atoms with Crippen LogP contribution in [0.15, 0.2) is 18.2 Å². The zero-order chi connectivity index (χ0) is 12.0. The van der Waals surface area contributed by atoms with E-state index in [0.717, 1.165) is 19.0 Å². The SMILES string of the molecule is CCCNCc1cc(F)ccc1OC(F)F. The molecule has 0 aliphatic heterocycles. The first-order valence-electron chi connectivity index (χ1n) is 5.07. The van der Waals surface area contributed by atoms with E-state index in [1.165, 1.54) is 12.1 Å². The van der Waals surface area contributed by atoms with Crippen LogP contribution in [0.5, 0.6) is 5.75 Å². The van der Waals surface area contributed by atoms with E-state index in [1.54, 1.807) is 0 Å². The van der Waals surface area contributed by atoms with Crippen molar-refractivity contribution in [3.05, 3.63) is 29.6 Å². The van der Waals surface area contributed by atoms with Crippen molar-refractivity contribution < 1.29 is 17.9 Å². The van der Waals surface area contributed by atoms with Crippen LogP contribution in [0.2, 0.25) is 0 Å². The molecule has 0 spiro atoms. The van der Waals surface area contributed by atoms with Gasteiger partial charge in [0.25, 0.3) is 0 Å². The van der Waals surface area contributed by atoms with Gasteiger partial charge in [-0.3, -0.25) is 0 Å². The number of hydrogen-bond acceptors (Lipinski definition) is 2. The molecule has 16 heavy (non-hydrogen) atoms. The summed E-state index contributed by atoms with van der Waals surface area (Å²) in [6.07, 6.45) is 0.917. The fourth-order valence-electron chi connectivity index (χ4n) is 1.30. The van der Waals surface area contributed by atoms with Crippen LogP contribution in [-0.4, -0.2) is 13.2 Å². The molecule has 0 saturated carbocycles. The van der Waals surface area contributed by atoms with E-state index in [0.29, 0.717) is 12.1 Å². The van der Waals surface area contributed by atoms with Gasteiger partial charge in [0, 0.05) is 12.1 Å². The lowest BCUT2D eigenvalue weighted by atomic mass is 10.2. The Morgan fingerprint density at radius 1 is 1.38 bits per heavy atom. The molecular weight excluding hydrogens is 219 g/mol. The van der Waals surface area contributed by atoms with Crippen LogP contribution in [0, 0.1) is 5.82 Å². The van der Waals surface area contributed by atoms with Gasteiger partial charge in [-0.05, 0) is 31.2 Å². The van der Waals surface area contributed by atoms with Gasteiger partial charge < -0.3 is 10.1 Å². The summed E-state index contributed by atoms with van der Waals surface area (Å²) in [5.41, 5.74) is 0.397. The zero-order valence-electron chi connectivity index (χ0n) is 8.97. The van der Waals surface area contributed by atoms with Gasteiger partial charge in [0.05, 0.1) is 0 Å². The van der Waals surface area contributed by atoms with Crippen molar-refractivity contribution in [2.75, 3.05) is 6.54 Å². The van der Waals surface area contributed by atoms with Gasteiger partial charge >= 0.3 is 6.61 Å². The first kappa shape index (κ1) is 12.8. The maximum atomic E-state index is 12.9. The third-order valence-corrected chi connectivity index (χ3v) is 1.98. The van der Waals surface area contributed by atoms with Crippen LogP contribution in [0.25, 0.3) is 0 Å². The Morgan fingerprint density at radius 3 is 2.75 bits per heavy atom. The van der Waals surface area contributed by atoms with Gasteiger partial charge in [-0.2, -0.15) is 8.78 Å². The largest absolute Gasteiger partial charge is 0.434 e. The summed E-state index contributed by atoms with van der Waals surface area (Å²) in [7, 11) is 0. The van der Waals surface area contributed by atoms with Crippen LogP contribution >= 0.6 is 0 Å². The summed E-state index contributed by atoms with van der Waals surface area (Å²) < 4.78 is 41.3. The molecule has 0 aliphatic carbocycles. The lowest BCUT2D eigenvalue weighted by molar-refractivity contribution is -0.0505. The Balaban J connectivity index is 2.73. The normalized spacial score (nSPS) is 10.8. The second-order valence-corrected chi connectivity index (χ2v) is 3.31. The van der Waals surface area contributed by atoms with Crippen LogP contribution in [0.1, 0.15) is 18.9 Å². The number of rotatable bonds is 6. The third kappa shape index (κ3) is 4.10. The molecule has 5 heteroatoms. The first-order chi connectivity index (χ1) is 7.63.